The molecule has 0 fully saturated rings. The van der Waals surface area contributed by atoms with Crippen LogP contribution in [0.25, 0.3) is 0 Å². The minimum Gasteiger partial charge on any atom is -0.461 e. The molecule has 3 rings (SSSR count). The van der Waals surface area contributed by atoms with E-state index < -0.39 is 5.97 Å². The molecule has 0 aliphatic heterocycles. The summed E-state index contributed by atoms with van der Waals surface area (Å²) in [5.41, 5.74) is 3.07. The van der Waals surface area contributed by atoms with Gasteiger partial charge < -0.3 is 14.2 Å². The Morgan fingerprint density at radius 3 is 1.47 bits per heavy atom. The molecular formula is C30H30O6. The van der Waals surface area contributed by atoms with Gasteiger partial charge in [-0.3, -0.25) is 4.79 Å². The standard InChI is InChI=1S/C20H20O4.C10H10O2/c1-16(20(22)24-15-18-10-6-3-7-11-18)12-13-19(21)23-14-17-8-4-2-5-9-17;1-2-10(11)12-8-9-6-4-3-5-7-9/h2-11H,1,12-15H2;2-7H,1,8H2. The third-order valence-corrected chi connectivity index (χ3v) is 4.77. The second-order valence-electron chi connectivity index (χ2n) is 7.61. The van der Waals surface area contributed by atoms with Crippen molar-refractivity contribution >= 4 is 17.9 Å². The fourth-order valence-electron chi connectivity index (χ4n) is 2.78. The van der Waals surface area contributed by atoms with E-state index in [0.29, 0.717) is 6.61 Å². The number of rotatable bonds is 11. The SMILES string of the molecule is C=C(CCC(=O)OCc1ccccc1)C(=O)OCc1ccccc1.C=CC(=O)OCc1ccccc1. The van der Waals surface area contributed by atoms with Crippen LogP contribution in [0.4, 0.5) is 0 Å². The predicted octanol–water partition coefficient (Wildman–Crippen LogP) is 5.73. The summed E-state index contributed by atoms with van der Waals surface area (Å²) in [5, 5.41) is 0. The zero-order valence-corrected chi connectivity index (χ0v) is 20.1. The van der Waals surface area contributed by atoms with E-state index in [0.717, 1.165) is 22.8 Å². The maximum atomic E-state index is 11.8. The third kappa shape index (κ3) is 11.6. The Morgan fingerprint density at radius 2 is 1.03 bits per heavy atom. The molecule has 6 nitrogen and oxygen atoms in total. The van der Waals surface area contributed by atoms with E-state index in [9.17, 15) is 14.4 Å². The molecule has 0 aromatic heterocycles. The van der Waals surface area contributed by atoms with Crippen molar-refractivity contribution in [3.63, 3.8) is 0 Å². The summed E-state index contributed by atoms with van der Waals surface area (Å²) in [7, 11) is 0. The maximum absolute atomic E-state index is 11.8. The van der Waals surface area contributed by atoms with Crippen LogP contribution < -0.4 is 0 Å². The lowest BCUT2D eigenvalue weighted by atomic mass is 10.1. The van der Waals surface area contributed by atoms with E-state index in [-0.39, 0.29) is 43.6 Å². The lowest BCUT2D eigenvalue weighted by Crippen LogP contribution is -2.10. The van der Waals surface area contributed by atoms with E-state index in [2.05, 4.69) is 13.2 Å². The van der Waals surface area contributed by atoms with Crippen LogP contribution in [0.1, 0.15) is 29.5 Å². The molecule has 0 amide bonds. The first-order chi connectivity index (χ1) is 17.5. The quantitative estimate of drug-likeness (QED) is 0.196. The van der Waals surface area contributed by atoms with Crippen molar-refractivity contribution in [3.05, 3.63) is 132 Å². The van der Waals surface area contributed by atoms with Crippen LogP contribution in [0.2, 0.25) is 0 Å². The highest BCUT2D eigenvalue weighted by Gasteiger charge is 2.12. The van der Waals surface area contributed by atoms with Crippen molar-refractivity contribution in [1.29, 1.82) is 0 Å². The van der Waals surface area contributed by atoms with Crippen molar-refractivity contribution in [2.75, 3.05) is 0 Å². The first kappa shape index (κ1) is 27.8. The van der Waals surface area contributed by atoms with E-state index in [4.69, 9.17) is 14.2 Å². The van der Waals surface area contributed by atoms with E-state index in [1.165, 1.54) is 0 Å². The van der Waals surface area contributed by atoms with E-state index >= 15 is 0 Å². The number of benzene rings is 3. The van der Waals surface area contributed by atoms with E-state index in [1.54, 1.807) is 0 Å². The van der Waals surface area contributed by atoms with Crippen LogP contribution >= 0.6 is 0 Å². The van der Waals surface area contributed by atoms with Crippen LogP contribution in [0, 0.1) is 0 Å². The normalized spacial score (nSPS) is 9.67. The molecule has 0 heterocycles. The monoisotopic (exact) mass is 486 g/mol. The van der Waals surface area contributed by atoms with Gasteiger partial charge in [-0.1, -0.05) is 104 Å². The van der Waals surface area contributed by atoms with Crippen molar-refractivity contribution in [2.24, 2.45) is 0 Å². The fraction of sp³-hybridized carbons (Fsp3) is 0.167. The summed E-state index contributed by atoms with van der Waals surface area (Å²) in [6.07, 6.45) is 1.48. The van der Waals surface area contributed by atoms with Gasteiger partial charge in [0, 0.05) is 18.1 Å². The van der Waals surface area contributed by atoms with Gasteiger partial charge in [0.25, 0.3) is 0 Å². The van der Waals surface area contributed by atoms with Crippen molar-refractivity contribution in [3.8, 4) is 0 Å². The Morgan fingerprint density at radius 1 is 0.611 bits per heavy atom. The first-order valence-electron chi connectivity index (χ1n) is 11.4. The van der Waals surface area contributed by atoms with E-state index in [1.807, 2.05) is 91.0 Å². The Bertz CT molecular complexity index is 1110. The van der Waals surface area contributed by atoms with Gasteiger partial charge >= 0.3 is 17.9 Å². The number of hydrogen-bond donors (Lipinski definition) is 0. The summed E-state index contributed by atoms with van der Waals surface area (Å²) in [4.78, 5) is 34.2. The van der Waals surface area contributed by atoms with Crippen molar-refractivity contribution in [1.82, 2.24) is 0 Å². The molecule has 36 heavy (non-hydrogen) atoms. The van der Waals surface area contributed by atoms with Gasteiger partial charge in [-0.25, -0.2) is 9.59 Å². The zero-order valence-electron chi connectivity index (χ0n) is 20.1. The highest BCUT2D eigenvalue weighted by Crippen LogP contribution is 2.10. The smallest absolute Gasteiger partial charge is 0.333 e. The summed E-state index contributed by atoms with van der Waals surface area (Å²) >= 11 is 0. The van der Waals surface area contributed by atoms with Crippen molar-refractivity contribution in [2.45, 2.75) is 32.7 Å². The molecule has 0 atom stereocenters. The highest BCUT2D eigenvalue weighted by atomic mass is 16.5. The van der Waals surface area contributed by atoms with Gasteiger partial charge in [0.2, 0.25) is 0 Å². The van der Waals surface area contributed by atoms with Crippen LogP contribution in [-0.2, 0) is 48.4 Å². The molecule has 0 spiro atoms. The Kier molecular flexibility index (Phi) is 12.5. The third-order valence-electron chi connectivity index (χ3n) is 4.77. The average Bonchev–Trinajstić information content (AvgIpc) is 2.94. The molecule has 0 radical (unpaired) electrons. The lowest BCUT2D eigenvalue weighted by Gasteiger charge is -2.08. The molecule has 6 heteroatoms. The van der Waals surface area contributed by atoms with Gasteiger partial charge in [-0.05, 0) is 23.1 Å². The number of hydrogen-bond acceptors (Lipinski definition) is 6. The molecule has 0 N–H and O–H groups in total. The minimum absolute atomic E-state index is 0.103. The van der Waals surface area contributed by atoms with Gasteiger partial charge in [-0.15, -0.1) is 0 Å². The summed E-state index contributed by atoms with van der Waals surface area (Å²) < 4.78 is 15.1. The van der Waals surface area contributed by atoms with Gasteiger partial charge in [0.15, 0.2) is 0 Å². The van der Waals surface area contributed by atoms with Crippen LogP contribution in [0.5, 0.6) is 0 Å². The summed E-state index contributed by atoms with van der Waals surface area (Å²) in [6, 6.07) is 28.3. The molecule has 3 aromatic rings. The highest BCUT2D eigenvalue weighted by molar-refractivity contribution is 5.88. The maximum Gasteiger partial charge on any atom is 0.333 e. The Labute approximate surface area is 211 Å². The van der Waals surface area contributed by atoms with Crippen LogP contribution in [-0.4, -0.2) is 17.9 Å². The molecule has 0 aliphatic rings. The number of carbonyl (C=O) groups excluding carboxylic acids is 3. The second-order valence-corrected chi connectivity index (χ2v) is 7.61. The first-order valence-corrected chi connectivity index (χ1v) is 11.4. The van der Waals surface area contributed by atoms with Gasteiger partial charge in [0.05, 0.1) is 0 Å². The number of esters is 3. The lowest BCUT2D eigenvalue weighted by molar-refractivity contribution is -0.145. The number of ether oxygens (including phenoxy) is 3. The average molecular weight is 487 g/mol. The predicted molar refractivity (Wildman–Crippen MR) is 137 cm³/mol. The van der Waals surface area contributed by atoms with Gasteiger partial charge in [0.1, 0.15) is 19.8 Å². The van der Waals surface area contributed by atoms with Crippen molar-refractivity contribution < 1.29 is 28.6 Å². The Balaban J connectivity index is 0.000000319. The molecule has 0 unspecified atom stereocenters. The van der Waals surface area contributed by atoms with Crippen LogP contribution in [0.3, 0.4) is 0 Å². The fourth-order valence-corrected chi connectivity index (χ4v) is 2.78. The molecule has 3 aromatic carbocycles. The topological polar surface area (TPSA) is 78.9 Å². The minimum atomic E-state index is -0.491. The summed E-state index contributed by atoms with van der Waals surface area (Å²) in [5.74, 6) is -1.25. The molecule has 0 bridgehead atoms. The zero-order chi connectivity index (χ0) is 26.0. The second kappa shape index (κ2) is 16.2. The molecule has 186 valence electrons. The van der Waals surface area contributed by atoms with Crippen LogP contribution in [0.15, 0.2) is 116 Å². The molecule has 0 saturated carbocycles. The number of carbonyl (C=O) groups is 3. The van der Waals surface area contributed by atoms with Gasteiger partial charge in [-0.2, -0.15) is 0 Å². The molecule has 0 aliphatic carbocycles. The largest absolute Gasteiger partial charge is 0.461 e. The summed E-state index contributed by atoms with van der Waals surface area (Å²) in [6.45, 7) is 7.70. The molecular weight excluding hydrogens is 456 g/mol. The molecule has 0 saturated heterocycles. The Hall–Kier alpha value is -4.45.